The first-order valence-electron chi connectivity index (χ1n) is 5.31. The molecule has 0 aromatic heterocycles. The van der Waals surface area contributed by atoms with Crippen LogP contribution in [0.4, 0.5) is 0 Å². The van der Waals surface area contributed by atoms with Gasteiger partial charge in [-0.15, -0.1) is 0 Å². The number of hydrogen-bond donors (Lipinski definition) is 0. The van der Waals surface area contributed by atoms with Crippen molar-refractivity contribution in [1.82, 2.24) is 0 Å². The second kappa shape index (κ2) is 5.44. The van der Waals surface area contributed by atoms with E-state index in [2.05, 4.69) is 0 Å². The van der Waals surface area contributed by atoms with Crippen LogP contribution < -0.4 is 0 Å². The molecule has 0 saturated heterocycles. The lowest BCUT2D eigenvalue weighted by Crippen LogP contribution is -2.06. The van der Waals surface area contributed by atoms with E-state index in [0.717, 1.165) is 11.1 Å². The Hall–Kier alpha value is -1.44. The highest BCUT2D eigenvalue weighted by molar-refractivity contribution is 6.01. The van der Waals surface area contributed by atoms with Crippen LogP contribution in [0.1, 0.15) is 33.1 Å². The highest BCUT2D eigenvalue weighted by Gasteiger charge is 2.14. The summed E-state index contributed by atoms with van der Waals surface area (Å²) in [6, 6.07) is 0. The largest absolute Gasteiger partial charge is 0.295 e. The number of allylic oxidation sites excluding steroid dienone is 6. The van der Waals surface area contributed by atoms with Crippen LogP contribution in [0.5, 0.6) is 0 Å². The zero-order valence-corrected chi connectivity index (χ0v) is 9.25. The summed E-state index contributed by atoms with van der Waals surface area (Å²) in [5.74, 6) is 0.243. The molecule has 0 saturated carbocycles. The van der Waals surface area contributed by atoms with Gasteiger partial charge in [0.2, 0.25) is 0 Å². The predicted octanol–water partition coefficient (Wildman–Crippen LogP) is 2.76. The number of hydrogen-bond acceptors (Lipinski definition) is 2. The molecular weight excluding hydrogens is 188 g/mol. The smallest absolute Gasteiger partial charge is 0.158 e. The van der Waals surface area contributed by atoms with Gasteiger partial charge in [-0.25, -0.2) is 0 Å². The van der Waals surface area contributed by atoms with E-state index in [0.29, 0.717) is 19.3 Å². The molecular formula is C13H16O2. The van der Waals surface area contributed by atoms with E-state index in [1.165, 1.54) is 0 Å². The molecule has 0 heterocycles. The van der Waals surface area contributed by atoms with Gasteiger partial charge in [0.1, 0.15) is 0 Å². The lowest BCUT2D eigenvalue weighted by atomic mass is 9.97. The molecule has 80 valence electrons. The molecule has 1 aliphatic rings. The number of rotatable bonds is 4. The van der Waals surface area contributed by atoms with Crippen molar-refractivity contribution >= 4 is 11.6 Å². The first-order valence-corrected chi connectivity index (χ1v) is 5.31. The summed E-state index contributed by atoms with van der Waals surface area (Å²) < 4.78 is 0. The molecule has 2 nitrogen and oxygen atoms in total. The molecule has 1 aliphatic carbocycles. The zero-order chi connectivity index (χ0) is 11.3. The third-order valence-electron chi connectivity index (χ3n) is 2.45. The summed E-state index contributed by atoms with van der Waals surface area (Å²) in [5.41, 5.74) is 1.47. The van der Waals surface area contributed by atoms with Gasteiger partial charge in [0, 0.05) is 19.3 Å². The van der Waals surface area contributed by atoms with Gasteiger partial charge in [0.05, 0.1) is 0 Å². The Morgan fingerprint density at radius 1 is 1.00 bits per heavy atom. The van der Waals surface area contributed by atoms with Crippen molar-refractivity contribution < 1.29 is 9.59 Å². The third kappa shape index (κ3) is 3.01. The monoisotopic (exact) mass is 204 g/mol. The molecule has 0 radical (unpaired) electrons. The van der Waals surface area contributed by atoms with Crippen LogP contribution >= 0.6 is 0 Å². The van der Waals surface area contributed by atoms with Crippen LogP contribution in [0.3, 0.4) is 0 Å². The SMILES string of the molecule is CCC(=O)C1=CC=CC=C(C(=O)CC)C1. The highest BCUT2D eigenvalue weighted by Crippen LogP contribution is 2.18. The van der Waals surface area contributed by atoms with Gasteiger partial charge in [-0.3, -0.25) is 9.59 Å². The minimum absolute atomic E-state index is 0.122. The fourth-order valence-electron chi connectivity index (χ4n) is 1.50. The first-order chi connectivity index (χ1) is 7.19. The van der Waals surface area contributed by atoms with Crippen LogP contribution in [0.15, 0.2) is 35.5 Å². The molecule has 0 amide bonds. The maximum Gasteiger partial charge on any atom is 0.158 e. The predicted molar refractivity (Wildman–Crippen MR) is 60.5 cm³/mol. The number of Topliss-reactive ketones (excluding diaryl/α,β-unsaturated/α-hetero) is 2. The van der Waals surface area contributed by atoms with E-state index in [1.54, 1.807) is 12.2 Å². The first kappa shape index (κ1) is 11.6. The summed E-state index contributed by atoms with van der Waals surface area (Å²) >= 11 is 0. The normalized spacial score (nSPS) is 15.3. The molecule has 0 aromatic rings. The van der Waals surface area contributed by atoms with E-state index in [4.69, 9.17) is 0 Å². The summed E-state index contributed by atoms with van der Waals surface area (Å²) in [6.45, 7) is 3.67. The number of carbonyl (C=O) groups excluding carboxylic acids is 2. The van der Waals surface area contributed by atoms with Crippen LogP contribution in [0.25, 0.3) is 0 Å². The van der Waals surface area contributed by atoms with E-state index in [9.17, 15) is 9.59 Å². The Kier molecular flexibility index (Phi) is 4.22. The fourth-order valence-corrected chi connectivity index (χ4v) is 1.50. The summed E-state index contributed by atoms with van der Waals surface area (Å²) in [7, 11) is 0. The van der Waals surface area contributed by atoms with Gasteiger partial charge >= 0.3 is 0 Å². The molecule has 0 unspecified atom stereocenters. The van der Waals surface area contributed by atoms with Crippen molar-refractivity contribution in [3.05, 3.63) is 35.5 Å². The van der Waals surface area contributed by atoms with Crippen LogP contribution in [0.2, 0.25) is 0 Å². The number of ketones is 2. The number of carbonyl (C=O) groups is 2. The molecule has 0 atom stereocenters. The summed E-state index contributed by atoms with van der Waals surface area (Å²) in [5, 5.41) is 0. The van der Waals surface area contributed by atoms with Crippen LogP contribution in [-0.4, -0.2) is 11.6 Å². The molecule has 0 N–H and O–H groups in total. The van der Waals surface area contributed by atoms with Crippen LogP contribution in [-0.2, 0) is 9.59 Å². The second-order valence-corrected chi connectivity index (χ2v) is 3.50. The zero-order valence-electron chi connectivity index (χ0n) is 9.25. The maximum absolute atomic E-state index is 11.5. The van der Waals surface area contributed by atoms with E-state index in [-0.39, 0.29) is 11.6 Å². The molecule has 1 rings (SSSR count). The van der Waals surface area contributed by atoms with Crippen molar-refractivity contribution in [2.45, 2.75) is 33.1 Å². The summed E-state index contributed by atoms with van der Waals surface area (Å²) in [6.07, 6.45) is 8.71. The summed E-state index contributed by atoms with van der Waals surface area (Å²) in [4.78, 5) is 23.1. The topological polar surface area (TPSA) is 34.1 Å². The lowest BCUT2D eigenvalue weighted by molar-refractivity contribution is -0.115. The molecule has 15 heavy (non-hydrogen) atoms. The van der Waals surface area contributed by atoms with Crippen LogP contribution in [0, 0.1) is 0 Å². The fraction of sp³-hybridized carbons (Fsp3) is 0.385. The van der Waals surface area contributed by atoms with Gasteiger partial charge in [-0.05, 0) is 11.1 Å². The average Bonchev–Trinajstić information content (AvgIpc) is 2.52. The molecule has 0 aromatic carbocycles. The Morgan fingerprint density at radius 3 is 1.73 bits per heavy atom. The van der Waals surface area contributed by atoms with Gasteiger partial charge in [0.25, 0.3) is 0 Å². The van der Waals surface area contributed by atoms with E-state index < -0.39 is 0 Å². The third-order valence-corrected chi connectivity index (χ3v) is 2.45. The van der Waals surface area contributed by atoms with Crippen molar-refractivity contribution in [2.24, 2.45) is 0 Å². The molecule has 0 fully saturated rings. The van der Waals surface area contributed by atoms with Gasteiger partial charge in [-0.2, -0.15) is 0 Å². The Labute approximate surface area is 90.4 Å². The van der Waals surface area contributed by atoms with Crippen molar-refractivity contribution in [1.29, 1.82) is 0 Å². The van der Waals surface area contributed by atoms with E-state index in [1.807, 2.05) is 26.0 Å². The van der Waals surface area contributed by atoms with E-state index >= 15 is 0 Å². The quantitative estimate of drug-likeness (QED) is 0.705. The standard InChI is InChI=1S/C13H16O2/c1-3-12(14)10-7-5-6-8-11(9-10)13(15)4-2/h5-8H,3-4,9H2,1-2H3. The second-order valence-electron chi connectivity index (χ2n) is 3.50. The Bertz CT molecular complexity index is 323. The maximum atomic E-state index is 11.5. The minimum Gasteiger partial charge on any atom is -0.295 e. The molecule has 0 aliphatic heterocycles. The van der Waals surface area contributed by atoms with Gasteiger partial charge < -0.3 is 0 Å². The minimum atomic E-state index is 0.122. The van der Waals surface area contributed by atoms with Crippen molar-refractivity contribution in [2.75, 3.05) is 0 Å². The van der Waals surface area contributed by atoms with Crippen molar-refractivity contribution in [3.63, 3.8) is 0 Å². The van der Waals surface area contributed by atoms with Gasteiger partial charge in [0.15, 0.2) is 11.6 Å². The van der Waals surface area contributed by atoms with Crippen molar-refractivity contribution in [3.8, 4) is 0 Å². The molecule has 0 spiro atoms. The highest BCUT2D eigenvalue weighted by atomic mass is 16.1. The van der Waals surface area contributed by atoms with Gasteiger partial charge in [-0.1, -0.05) is 38.2 Å². The molecule has 0 bridgehead atoms. The average molecular weight is 204 g/mol. The molecule has 2 heteroatoms. The lowest BCUT2D eigenvalue weighted by Gasteiger charge is -2.05. The Balaban J connectivity index is 2.86. The Morgan fingerprint density at radius 2 is 1.40 bits per heavy atom.